The van der Waals surface area contributed by atoms with Crippen molar-refractivity contribution >= 4 is 17.6 Å². The lowest BCUT2D eigenvalue weighted by Gasteiger charge is -2.24. The van der Waals surface area contributed by atoms with Crippen molar-refractivity contribution in [1.82, 2.24) is 0 Å². The Morgan fingerprint density at radius 2 is 1.76 bits per heavy atom. The van der Waals surface area contributed by atoms with Gasteiger partial charge in [0.05, 0.1) is 6.42 Å². The second kappa shape index (κ2) is 5.48. The number of anilines is 1. The largest absolute Gasteiger partial charge is 0.481 e. The highest BCUT2D eigenvalue weighted by Gasteiger charge is 2.16. The van der Waals surface area contributed by atoms with Crippen LogP contribution in [0.3, 0.4) is 0 Å². The molecule has 0 bridgehead atoms. The van der Waals surface area contributed by atoms with E-state index in [2.05, 4.69) is 0 Å². The Hall–Kier alpha value is -1.84. The Labute approximate surface area is 101 Å². The Morgan fingerprint density at radius 3 is 2.18 bits per heavy atom. The zero-order valence-corrected chi connectivity index (χ0v) is 10.4. The van der Waals surface area contributed by atoms with E-state index >= 15 is 0 Å². The average Bonchev–Trinajstić information content (AvgIpc) is 2.21. The zero-order chi connectivity index (χ0) is 13.0. The van der Waals surface area contributed by atoms with E-state index < -0.39 is 5.97 Å². The molecule has 0 spiro atoms. The van der Waals surface area contributed by atoms with Crippen LogP contribution in [0.1, 0.15) is 24.5 Å². The molecule has 0 radical (unpaired) electrons. The molecule has 0 aliphatic rings. The first kappa shape index (κ1) is 13.2. The molecule has 0 aliphatic carbocycles. The molecular formula is C13H17NO3. The number of aryl methyl sites for hydroxylation is 2. The van der Waals surface area contributed by atoms with Crippen LogP contribution in [0.2, 0.25) is 0 Å². The second-order valence-corrected chi connectivity index (χ2v) is 4.05. The van der Waals surface area contributed by atoms with Crippen LogP contribution in [-0.4, -0.2) is 23.5 Å². The fraction of sp³-hybridized carbons (Fsp3) is 0.385. The maximum absolute atomic E-state index is 11.6. The normalized spacial score (nSPS) is 10.1. The summed E-state index contributed by atoms with van der Waals surface area (Å²) in [4.78, 5) is 23.7. The molecule has 1 rings (SSSR count). The third-order valence-corrected chi connectivity index (χ3v) is 2.64. The first-order chi connectivity index (χ1) is 7.93. The second-order valence-electron chi connectivity index (χ2n) is 4.05. The van der Waals surface area contributed by atoms with Crippen molar-refractivity contribution < 1.29 is 14.7 Å². The van der Waals surface area contributed by atoms with E-state index in [-0.39, 0.29) is 18.9 Å². The summed E-state index contributed by atoms with van der Waals surface area (Å²) in [6, 6.07) is 5.75. The van der Waals surface area contributed by atoms with Gasteiger partial charge in [-0.05, 0) is 25.0 Å². The highest BCUT2D eigenvalue weighted by Crippen LogP contribution is 2.24. The number of para-hydroxylation sites is 1. The molecule has 0 aliphatic heterocycles. The maximum atomic E-state index is 11.6. The standard InChI is InChI=1S/C13H17NO3/c1-9-5-4-6-10(2)13(9)14(11(3)15)8-7-12(16)17/h4-6H,7-8H2,1-3H3,(H,16,17). The summed E-state index contributed by atoms with van der Waals surface area (Å²) in [6.07, 6.45) is -0.0483. The van der Waals surface area contributed by atoms with Gasteiger partial charge < -0.3 is 10.0 Å². The van der Waals surface area contributed by atoms with Crippen LogP contribution in [0.25, 0.3) is 0 Å². The molecule has 0 heterocycles. The van der Waals surface area contributed by atoms with Gasteiger partial charge in [-0.25, -0.2) is 0 Å². The summed E-state index contributed by atoms with van der Waals surface area (Å²) in [7, 11) is 0. The van der Waals surface area contributed by atoms with E-state index in [0.29, 0.717) is 0 Å². The predicted molar refractivity (Wildman–Crippen MR) is 66.2 cm³/mol. The number of rotatable bonds is 4. The van der Waals surface area contributed by atoms with Crippen molar-refractivity contribution in [3.8, 4) is 0 Å². The molecule has 4 nitrogen and oxygen atoms in total. The number of carbonyl (C=O) groups excluding carboxylic acids is 1. The molecule has 4 heteroatoms. The van der Waals surface area contributed by atoms with E-state index in [1.807, 2.05) is 32.0 Å². The van der Waals surface area contributed by atoms with Crippen LogP contribution in [0.5, 0.6) is 0 Å². The Balaban J connectivity index is 3.05. The summed E-state index contributed by atoms with van der Waals surface area (Å²) < 4.78 is 0. The van der Waals surface area contributed by atoms with Crippen LogP contribution >= 0.6 is 0 Å². The number of aliphatic carboxylic acids is 1. The fourth-order valence-corrected chi connectivity index (χ4v) is 1.87. The fourth-order valence-electron chi connectivity index (χ4n) is 1.87. The van der Waals surface area contributed by atoms with Gasteiger partial charge in [-0.1, -0.05) is 18.2 Å². The van der Waals surface area contributed by atoms with Crippen molar-refractivity contribution in [1.29, 1.82) is 0 Å². The molecule has 1 amide bonds. The summed E-state index contributed by atoms with van der Waals surface area (Å²) in [5.74, 6) is -1.04. The van der Waals surface area contributed by atoms with Crippen LogP contribution in [0.4, 0.5) is 5.69 Å². The number of hydrogen-bond donors (Lipinski definition) is 1. The molecule has 1 aromatic carbocycles. The van der Waals surface area contributed by atoms with Gasteiger partial charge in [0, 0.05) is 19.2 Å². The van der Waals surface area contributed by atoms with E-state index in [4.69, 9.17) is 5.11 Å². The van der Waals surface area contributed by atoms with Gasteiger partial charge in [0.25, 0.3) is 0 Å². The third kappa shape index (κ3) is 3.31. The lowest BCUT2D eigenvalue weighted by atomic mass is 10.1. The Kier molecular flexibility index (Phi) is 4.26. The van der Waals surface area contributed by atoms with Crippen LogP contribution < -0.4 is 4.90 Å². The zero-order valence-electron chi connectivity index (χ0n) is 10.4. The molecule has 0 saturated carbocycles. The van der Waals surface area contributed by atoms with Gasteiger partial charge in [0.15, 0.2) is 0 Å². The number of carboxylic acids is 1. The average molecular weight is 235 g/mol. The molecule has 0 saturated heterocycles. The third-order valence-electron chi connectivity index (χ3n) is 2.64. The molecule has 0 unspecified atom stereocenters. The highest BCUT2D eigenvalue weighted by atomic mass is 16.4. The minimum absolute atomic E-state index is 0.0483. The minimum Gasteiger partial charge on any atom is -0.481 e. The van der Waals surface area contributed by atoms with Crippen LogP contribution in [-0.2, 0) is 9.59 Å². The first-order valence-electron chi connectivity index (χ1n) is 5.49. The SMILES string of the molecule is CC(=O)N(CCC(=O)O)c1c(C)cccc1C. The van der Waals surface area contributed by atoms with Gasteiger partial charge in [-0.15, -0.1) is 0 Å². The van der Waals surface area contributed by atoms with Crippen molar-refractivity contribution in [2.45, 2.75) is 27.2 Å². The molecule has 92 valence electrons. The first-order valence-corrected chi connectivity index (χ1v) is 5.49. The topological polar surface area (TPSA) is 57.6 Å². The number of carbonyl (C=O) groups is 2. The quantitative estimate of drug-likeness (QED) is 0.869. The van der Waals surface area contributed by atoms with Gasteiger partial charge in [0.1, 0.15) is 0 Å². The van der Waals surface area contributed by atoms with E-state index in [1.165, 1.54) is 11.8 Å². The minimum atomic E-state index is -0.900. The van der Waals surface area contributed by atoms with Gasteiger partial charge in [-0.2, -0.15) is 0 Å². The maximum Gasteiger partial charge on any atom is 0.305 e. The number of amides is 1. The number of hydrogen-bond acceptors (Lipinski definition) is 2. The smallest absolute Gasteiger partial charge is 0.305 e. The molecule has 0 fully saturated rings. The monoisotopic (exact) mass is 235 g/mol. The van der Waals surface area contributed by atoms with Crippen molar-refractivity contribution in [3.05, 3.63) is 29.3 Å². The van der Waals surface area contributed by atoms with Gasteiger partial charge >= 0.3 is 5.97 Å². The Bertz CT molecular complexity index is 420. The summed E-state index contributed by atoms with van der Waals surface area (Å²) in [6.45, 7) is 5.49. The molecule has 17 heavy (non-hydrogen) atoms. The van der Waals surface area contributed by atoms with E-state index in [1.54, 1.807) is 0 Å². The van der Waals surface area contributed by atoms with E-state index in [0.717, 1.165) is 16.8 Å². The predicted octanol–water partition coefficient (Wildman–Crippen LogP) is 2.13. The van der Waals surface area contributed by atoms with Crippen LogP contribution in [0, 0.1) is 13.8 Å². The van der Waals surface area contributed by atoms with Crippen molar-refractivity contribution in [3.63, 3.8) is 0 Å². The van der Waals surface area contributed by atoms with Crippen molar-refractivity contribution in [2.24, 2.45) is 0 Å². The lowest BCUT2D eigenvalue weighted by molar-refractivity contribution is -0.136. The molecular weight excluding hydrogens is 218 g/mol. The van der Waals surface area contributed by atoms with Gasteiger partial charge in [0.2, 0.25) is 5.91 Å². The number of carboxylic acid groups (broad SMARTS) is 1. The molecule has 0 aromatic heterocycles. The van der Waals surface area contributed by atoms with Gasteiger partial charge in [-0.3, -0.25) is 9.59 Å². The summed E-state index contributed by atoms with van der Waals surface area (Å²) in [5.41, 5.74) is 2.78. The molecule has 1 aromatic rings. The highest BCUT2D eigenvalue weighted by molar-refractivity contribution is 5.93. The van der Waals surface area contributed by atoms with Crippen LogP contribution in [0.15, 0.2) is 18.2 Å². The number of nitrogens with zero attached hydrogens (tertiary/aromatic N) is 1. The van der Waals surface area contributed by atoms with E-state index in [9.17, 15) is 9.59 Å². The lowest BCUT2D eigenvalue weighted by Crippen LogP contribution is -2.32. The number of benzene rings is 1. The summed E-state index contributed by atoms with van der Waals surface area (Å²) >= 11 is 0. The van der Waals surface area contributed by atoms with Crippen molar-refractivity contribution in [2.75, 3.05) is 11.4 Å². The Morgan fingerprint density at radius 1 is 1.24 bits per heavy atom. The molecule has 1 N–H and O–H groups in total. The molecule has 0 atom stereocenters. The summed E-state index contributed by atoms with van der Waals surface area (Å²) in [5, 5.41) is 8.69.